The number of rotatable bonds is 14. The maximum absolute atomic E-state index is 13.3. The number of H-pyrrole nitrogens is 1. The number of carboxylic acid groups (broad SMARTS) is 1. The molecule has 0 bridgehead atoms. The summed E-state index contributed by atoms with van der Waals surface area (Å²) in [5.41, 5.74) is 13.1. The number of aromatic amines is 1. The smallest absolute Gasteiger partial charge is 0.326 e. The third kappa shape index (κ3) is 8.52. The molecule has 14 nitrogen and oxygen atoms in total. The van der Waals surface area contributed by atoms with Crippen LogP contribution < -0.4 is 27.4 Å². The number of phenolic OH excluding ortho intramolecular Hbond substituents is 1. The first-order chi connectivity index (χ1) is 19.8. The number of aliphatic hydroxyl groups is 1. The normalized spacial score (nSPS) is 14.6. The van der Waals surface area contributed by atoms with Gasteiger partial charge in [0.15, 0.2) is 0 Å². The van der Waals surface area contributed by atoms with Crippen molar-refractivity contribution in [2.24, 2.45) is 11.5 Å². The molecular weight excluding hydrogens is 548 g/mol. The number of aliphatic carboxylic acids is 1. The van der Waals surface area contributed by atoms with Crippen LogP contribution in [0.4, 0.5) is 0 Å². The number of nitrogens with two attached hydrogens (primary N) is 2. The minimum atomic E-state index is -1.65. The van der Waals surface area contributed by atoms with E-state index in [0.29, 0.717) is 11.1 Å². The molecular formula is C28H34N6O8. The van der Waals surface area contributed by atoms with E-state index in [2.05, 4.69) is 20.9 Å². The fraction of sp³-hybridized carbons (Fsp3) is 0.321. The average molecular weight is 583 g/mol. The zero-order chi connectivity index (χ0) is 31.0. The van der Waals surface area contributed by atoms with Gasteiger partial charge in [0.25, 0.3) is 0 Å². The van der Waals surface area contributed by atoms with Gasteiger partial charge in [-0.3, -0.25) is 19.2 Å². The number of nitrogens with one attached hydrogen (secondary N) is 4. The Bertz CT molecular complexity index is 1440. The summed E-state index contributed by atoms with van der Waals surface area (Å²) >= 11 is 0. The quantitative estimate of drug-likeness (QED) is 0.110. The Kier molecular flexibility index (Phi) is 10.6. The van der Waals surface area contributed by atoms with Crippen molar-refractivity contribution in [3.63, 3.8) is 0 Å². The van der Waals surface area contributed by atoms with Gasteiger partial charge in [0.2, 0.25) is 23.6 Å². The molecule has 5 unspecified atom stereocenters. The third-order valence-electron chi connectivity index (χ3n) is 6.54. The van der Waals surface area contributed by atoms with Gasteiger partial charge in [-0.2, -0.15) is 0 Å². The number of hydrogen-bond donors (Lipinski definition) is 9. The van der Waals surface area contributed by atoms with E-state index in [1.165, 1.54) is 19.1 Å². The van der Waals surface area contributed by atoms with Gasteiger partial charge >= 0.3 is 5.97 Å². The summed E-state index contributed by atoms with van der Waals surface area (Å²) in [6, 6.07) is 7.54. The first kappa shape index (κ1) is 31.6. The summed E-state index contributed by atoms with van der Waals surface area (Å²) < 4.78 is 0. The molecule has 224 valence electrons. The molecule has 1 aromatic heterocycles. The molecule has 0 radical (unpaired) electrons. The Labute approximate surface area is 240 Å². The molecule has 1 heterocycles. The lowest BCUT2D eigenvalue weighted by Crippen LogP contribution is -2.60. The van der Waals surface area contributed by atoms with Crippen molar-refractivity contribution in [3.8, 4) is 5.75 Å². The molecule has 11 N–H and O–H groups in total. The van der Waals surface area contributed by atoms with Gasteiger partial charge in [0, 0.05) is 23.5 Å². The van der Waals surface area contributed by atoms with Crippen molar-refractivity contribution >= 4 is 40.5 Å². The van der Waals surface area contributed by atoms with Crippen LogP contribution in [0.5, 0.6) is 5.75 Å². The largest absolute Gasteiger partial charge is 0.508 e. The van der Waals surface area contributed by atoms with Crippen molar-refractivity contribution in [3.05, 3.63) is 65.9 Å². The minimum Gasteiger partial charge on any atom is -0.508 e. The summed E-state index contributed by atoms with van der Waals surface area (Å²) in [6.45, 7) is 1.26. The van der Waals surface area contributed by atoms with E-state index < -0.39 is 66.3 Å². The molecule has 0 saturated carbocycles. The highest BCUT2D eigenvalue weighted by Gasteiger charge is 2.33. The van der Waals surface area contributed by atoms with E-state index >= 15 is 0 Å². The van der Waals surface area contributed by atoms with Gasteiger partial charge in [-0.25, -0.2) is 4.79 Å². The number of aliphatic hydroxyl groups excluding tert-OH is 1. The second kappa shape index (κ2) is 14.1. The highest BCUT2D eigenvalue weighted by Crippen LogP contribution is 2.19. The average Bonchev–Trinajstić information content (AvgIpc) is 3.34. The van der Waals surface area contributed by atoms with Gasteiger partial charge < -0.3 is 47.7 Å². The SMILES string of the molecule is CC(O)C(NC(=O)C(N)Cc1ccc(O)cc1)C(=O)NC(Cc1c[nH]c2ccccc12)C(=O)NC(CC(N)=O)C(=O)O. The standard InChI is InChI=1S/C28H34N6O8/c1-14(35)24(34-25(38)19(29)10-15-6-8-17(36)9-7-15)27(40)32-21(26(39)33-22(28(41)42)12-23(30)37)11-16-13-31-20-5-3-2-4-18(16)20/h2-9,13-14,19,21-22,24,31,35-36H,10-12,29H2,1H3,(H2,30,37)(H,32,40)(H,33,39)(H,34,38)(H,41,42). The number of aromatic hydroxyl groups is 1. The van der Waals surface area contributed by atoms with Crippen LogP contribution in [0.15, 0.2) is 54.7 Å². The van der Waals surface area contributed by atoms with E-state index in [1.807, 2.05) is 0 Å². The molecule has 0 aliphatic heterocycles. The van der Waals surface area contributed by atoms with Crippen molar-refractivity contribution < 1.29 is 39.3 Å². The number of para-hydroxylation sites is 1. The molecule has 5 atom stereocenters. The number of aromatic nitrogens is 1. The summed E-state index contributed by atoms with van der Waals surface area (Å²) in [7, 11) is 0. The summed E-state index contributed by atoms with van der Waals surface area (Å²) in [4.78, 5) is 65.4. The molecule has 3 rings (SSSR count). The Morgan fingerprint density at radius 3 is 2.14 bits per heavy atom. The van der Waals surface area contributed by atoms with Crippen LogP contribution in [0.3, 0.4) is 0 Å². The van der Waals surface area contributed by atoms with Gasteiger partial charge in [-0.05, 0) is 42.7 Å². The van der Waals surface area contributed by atoms with Crippen molar-refractivity contribution in [2.45, 2.75) is 56.5 Å². The van der Waals surface area contributed by atoms with Crippen LogP contribution in [-0.2, 0) is 36.8 Å². The molecule has 4 amide bonds. The van der Waals surface area contributed by atoms with E-state index in [9.17, 15) is 39.3 Å². The second-order valence-corrected chi connectivity index (χ2v) is 9.90. The molecule has 3 aromatic rings. The zero-order valence-corrected chi connectivity index (χ0v) is 22.7. The van der Waals surface area contributed by atoms with Crippen molar-refractivity contribution in [2.75, 3.05) is 0 Å². The van der Waals surface area contributed by atoms with Crippen LogP contribution >= 0.6 is 0 Å². The maximum Gasteiger partial charge on any atom is 0.326 e. The molecule has 0 saturated heterocycles. The molecule has 0 aliphatic carbocycles. The molecule has 0 spiro atoms. The number of benzene rings is 2. The number of amides is 4. The summed E-state index contributed by atoms with van der Waals surface area (Å²) in [5.74, 6) is -5.04. The minimum absolute atomic E-state index is 0.0399. The fourth-order valence-electron chi connectivity index (χ4n) is 4.31. The maximum atomic E-state index is 13.3. The molecule has 14 heteroatoms. The molecule has 42 heavy (non-hydrogen) atoms. The lowest BCUT2D eigenvalue weighted by molar-refractivity contribution is -0.143. The predicted molar refractivity (Wildman–Crippen MR) is 151 cm³/mol. The van der Waals surface area contributed by atoms with Crippen molar-refractivity contribution in [1.29, 1.82) is 0 Å². The predicted octanol–water partition coefficient (Wildman–Crippen LogP) is -1.22. The highest BCUT2D eigenvalue weighted by molar-refractivity contribution is 5.96. The highest BCUT2D eigenvalue weighted by atomic mass is 16.4. The Balaban J connectivity index is 1.80. The van der Waals surface area contributed by atoms with Crippen LogP contribution in [0.2, 0.25) is 0 Å². The van der Waals surface area contributed by atoms with E-state index in [0.717, 1.165) is 10.9 Å². The monoisotopic (exact) mass is 582 g/mol. The lowest BCUT2D eigenvalue weighted by atomic mass is 10.0. The van der Waals surface area contributed by atoms with Crippen molar-refractivity contribution in [1.82, 2.24) is 20.9 Å². The number of carbonyl (C=O) groups is 5. The molecule has 0 fully saturated rings. The Morgan fingerprint density at radius 2 is 1.52 bits per heavy atom. The van der Waals surface area contributed by atoms with Gasteiger partial charge in [0.05, 0.1) is 18.6 Å². The Hall–Kier alpha value is -4.95. The molecule has 0 aliphatic rings. The lowest BCUT2D eigenvalue weighted by Gasteiger charge is -2.26. The number of phenols is 1. The number of carbonyl (C=O) groups excluding carboxylic acids is 4. The summed E-state index contributed by atoms with van der Waals surface area (Å²) in [5, 5.41) is 37.0. The van der Waals surface area contributed by atoms with Crippen LogP contribution in [0.1, 0.15) is 24.5 Å². The van der Waals surface area contributed by atoms with Gasteiger partial charge in [0.1, 0.15) is 23.9 Å². The molecule has 2 aromatic carbocycles. The summed E-state index contributed by atoms with van der Waals surface area (Å²) in [6.07, 6.45) is -0.493. The van der Waals surface area contributed by atoms with E-state index in [4.69, 9.17) is 11.5 Å². The number of carboxylic acids is 1. The topological polar surface area (TPSA) is 250 Å². The van der Waals surface area contributed by atoms with Crippen LogP contribution in [0, 0.1) is 0 Å². The van der Waals surface area contributed by atoms with Gasteiger partial charge in [-0.15, -0.1) is 0 Å². The number of hydrogen-bond acceptors (Lipinski definition) is 8. The fourth-order valence-corrected chi connectivity index (χ4v) is 4.31. The second-order valence-electron chi connectivity index (χ2n) is 9.90. The number of fused-ring (bicyclic) bond motifs is 1. The first-order valence-electron chi connectivity index (χ1n) is 13.0. The van der Waals surface area contributed by atoms with Crippen LogP contribution in [0.25, 0.3) is 10.9 Å². The van der Waals surface area contributed by atoms with Gasteiger partial charge in [-0.1, -0.05) is 30.3 Å². The van der Waals surface area contributed by atoms with Crippen LogP contribution in [-0.4, -0.2) is 80.2 Å². The first-order valence-corrected chi connectivity index (χ1v) is 13.0. The van der Waals surface area contributed by atoms with E-state index in [1.54, 1.807) is 42.6 Å². The van der Waals surface area contributed by atoms with E-state index in [-0.39, 0.29) is 18.6 Å². The Morgan fingerprint density at radius 1 is 0.881 bits per heavy atom. The zero-order valence-electron chi connectivity index (χ0n) is 22.7. The number of primary amides is 1. The third-order valence-corrected chi connectivity index (χ3v) is 6.54.